The summed E-state index contributed by atoms with van der Waals surface area (Å²) in [7, 11) is 0. The third-order valence-electron chi connectivity index (χ3n) is 5.12. The van der Waals surface area contributed by atoms with Crippen LogP contribution in [0, 0.1) is 0 Å². The maximum absolute atomic E-state index is 12.9. The lowest BCUT2D eigenvalue weighted by Crippen LogP contribution is -2.24. The van der Waals surface area contributed by atoms with Gasteiger partial charge in [0.25, 0.3) is 5.91 Å². The van der Waals surface area contributed by atoms with Crippen molar-refractivity contribution in [2.45, 2.75) is 25.8 Å². The number of carbonyl (C=O) groups excluding carboxylic acids is 3. The van der Waals surface area contributed by atoms with Crippen molar-refractivity contribution in [1.82, 2.24) is 15.3 Å². The highest BCUT2D eigenvalue weighted by Crippen LogP contribution is 2.34. The summed E-state index contributed by atoms with van der Waals surface area (Å²) >= 11 is 0. The Balaban J connectivity index is 1.53. The fourth-order valence-corrected chi connectivity index (χ4v) is 3.65. The third kappa shape index (κ3) is 3.74. The molecule has 2 aromatic carbocycles. The number of ether oxygens (including phenoxy) is 1. The number of amides is 1. The van der Waals surface area contributed by atoms with Gasteiger partial charge in [0.05, 0.1) is 12.5 Å². The maximum atomic E-state index is 12.9. The van der Waals surface area contributed by atoms with Gasteiger partial charge in [0.2, 0.25) is 0 Å². The molecule has 1 unspecified atom stereocenters. The van der Waals surface area contributed by atoms with E-state index >= 15 is 0 Å². The van der Waals surface area contributed by atoms with Gasteiger partial charge in [0, 0.05) is 23.9 Å². The van der Waals surface area contributed by atoms with Gasteiger partial charge in [-0.3, -0.25) is 9.59 Å². The summed E-state index contributed by atoms with van der Waals surface area (Å²) < 4.78 is 4.95. The molecule has 30 heavy (non-hydrogen) atoms. The van der Waals surface area contributed by atoms with Crippen LogP contribution in [-0.4, -0.2) is 34.2 Å². The number of ketones is 1. The molecule has 152 valence electrons. The van der Waals surface area contributed by atoms with Gasteiger partial charge in [-0.25, -0.2) is 9.78 Å². The van der Waals surface area contributed by atoms with Gasteiger partial charge in [-0.15, -0.1) is 0 Å². The van der Waals surface area contributed by atoms with Crippen LogP contribution >= 0.6 is 0 Å². The number of H-pyrrole nitrogens is 1. The molecular weight excluding hydrogens is 382 g/mol. The second-order valence-corrected chi connectivity index (χ2v) is 7.01. The monoisotopic (exact) mass is 403 g/mol. The van der Waals surface area contributed by atoms with Crippen molar-refractivity contribution in [1.29, 1.82) is 0 Å². The lowest BCUT2D eigenvalue weighted by molar-refractivity contribution is 0.0519. The van der Waals surface area contributed by atoms with Gasteiger partial charge in [0.15, 0.2) is 11.5 Å². The number of rotatable bonds is 6. The smallest absolute Gasteiger partial charge is 0.358 e. The van der Waals surface area contributed by atoms with Crippen molar-refractivity contribution in [3.05, 3.63) is 88.5 Å². The van der Waals surface area contributed by atoms with Crippen LogP contribution in [0.25, 0.3) is 0 Å². The summed E-state index contributed by atoms with van der Waals surface area (Å²) in [5, 5.41) is 2.91. The van der Waals surface area contributed by atoms with Crippen molar-refractivity contribution in [2.24, 2.45) is 0 Å². The standard InChI is InChI=1S/C23H21N3O4/c1-2-30-23(29)19-13-24-21(26-19)18-11-17-15(20(18)27)9-6-10-16(17)22(28)25-12-14-7-4-3-5-8-14/h3-10,13,18H,2,11-12H2,1H3,(H,24,26)(H,25,28). The van der Waals surface area contributed by atoms with E-state index in [-0.39, 0.29) is 24.0 Å². The molecule has 1 amide bonds. The van der Waals surface area contributed by atoms with Crippen LogP contribution < -0.4 is 5.32 Å². The molecule has 7 nitrogen and oxygen atoms in total. The Bertz CT molecular complexity index is 1100. The number of aromatic amines is 1. The van der Waals surface area contributed by atoms with Gasteiger partial charge < -0.3 is 15.0 Å². The highest BCUT2D eigenvalue weighted by molar-refractivity contribution is 6.08. The van der Waals surface area contributed by atoms with Crippen LogP contribution in [0.4, 0.5) is 0 Å². The molecule has 0 bridgehead atoms. The summed E-state index contributed by atoms with van der Waals surface area (Å²) in [5.41, 5.74) is 2.83. The van der Waals surface area contributed by atoms with Crippen LogP contribution in [0.3, 0.4) is 0 Å². The summed E-state index contributed by atoms with van der Waals surface area (Å²) in [6, 6.07) is 14.8. The second-order valence-electron chi connectivity index (χ2n) is 7.01. The second kappa shape index (κ2) is 8.32. The van der Waals surface area contributed by atoms with Crippen LogP contribution in [0.5, 0.6) is 0 Å². The summed E-state index contributed by atoms with van der Waals surface area (Å²) in [5.74, 6) is -1.05. The fraction of sp³-hybridized carbons (Fsp3) is 0.217. The molecule has 4 rings (SSSR count). The molecular formula is C23H21N3O4. The Morgan fingerprint density at radius 3 is 2.73 bits per heavy atom. The predicted octanol–water partition coefficient (Wildman–Crippen LogP) is 3.04. The van der Waals surface area contributed by atoms with E-state index in [2.05, 4.69) is 15.3 Å². The molecule has 7 heteroatoms. The number of aromatic nitrogens is 2. The van der Waals surface area contributed by atoms with Crippen molar-refractivity contribution in [3.8, 4) is 0 Å². The average Bonchev–Trinajstić information content (AvgIpc) is 3.38. The largest absolute Gasteiger partial charge is 0.461 e. The topological polar surface area (TPSA) is 101 Å². The third-order valence-corrected chi connectivity index (χ3v) is 5.12. The van der Waals surface area contributed by atoms with Crippen molar-refractivity contribution in [2.75, 3.05) is 6.61 Å². The quantitative estimate of drug-likeness (QED) is 0.616. The maximum Gasteiger partial charge on any atom is 0.358 e. The molecule has 1 atom stereocenters. The lowest BCUT2D eigenvalue weighted by atomic mass is 10.0. The normalized spacial score (nSPS) is 15.0. The van der Waals surface area contributed by atoms with Crippen molar-refractivity contribution < 1.29 is 19.1 Å². The number of imidazole rings is 1. The number of benzene rings is 2. The van der Waals surface area contributed by atoms with E-state index in [1.165, 1.54) is 6.20 Å². The van der Waals surface area contributed by atoms with Gasteiger partial charge >= 0.3 is 5.97 Å². The molecule has 3 aromatic rings. The minimum atomic E-state index is -0.564. The Hall–Kier alpha value is -3.74. The molecule has 1 heterocycles. The van der Waals surface area contributed by atoms with E-state index in [0.29, 0.717) is 35.5 Å². The van der Waals surface area contributed by atoms with Crippen LogP contribution in [0.2, 0.25) is 0 Å². The Labute approximate surface area is 173 Å². The molecule has 0 spiro atoms. The number of hydrogen-bond acceptors (Lipinski definition) is 5. The Kier molecular flexibility index (Phi) is 5.43. The molecule has 0 fully saturated rings. The molecule has 1 aliphatic rings. The first-order valence-electron chi connectivity index (χ1n) is 9.79. The van der Waals surface area contributed by atoms with Crippen molar-refractivity contribution in [3.63, 3.8) is 0 Å². The first-order valence-corrected chi connectivity index (χ1v) is 9.79. The highest BCUT2D eigenvalue weighted by atomic mass is 16.5. The summed E-state index contributed by atoms with van der Waals surface area (Å²) in [4.78, 5) is 44.8. The van der Waals surface area contributed by atoms with Gasteiger partial charge in [-0.2, -0.15) is 0 Å². The molecule has 2 N–H and O–H groups in total. The zero-order valence-corrected chi connectivity index (χ0v) is 16.5. The number of carbonyl (C=O) groups is 3. The number of esters is 1. The van der Waals surface area contributed by atoms with E-state index in [4.69, 9.17) is 4.74 Å². The number of fused-ring (bicyclic) bond motifs is 1. The predicted molar refractivity (Wildman–Crippen MR) is 109 cm³/mol. The molecule has 0 radical (unpaired) electrons. The molecule has 0 saturated heterocycles. The van der Waals surface area contributed by atoms with Gasteiger partial charge in [-0.05, 0) is 30.5 Å². The number of nitrogens with one attached hydrogen (secondary N) is 2. The average molecular weight is 403 g/mol. The molecule has 1 aromatic heterocycles. The van der Waals surface area contributed by atoms with Gasteiger partial charge in [0.1, 0.15) is 5.82 Å². The van der Waals surface area contributed by atoms with E-state index < -0.39 is 11.9 Å². The fourth-order valence-electron chi connectivity index (χ4n) is 3.65. The number of Topliss-reactive ketones (excluding diaryl/α,β-unsaturated/α-hetero) is 1. The van der Waals surface area contributed by atoms with E-state index in [9.17, 15) is 14.4 Å². The number of hydrogen-bond donors (Lipinski definition) is 2. The SMILES string of the molecule is CCOC(=O)c1c[nH]c(C2Cc3c(C(=O)NCc4ccccc4)cccc3C2=O)n1. The van der Waals surface area contributed by atoms with Crippen LogP contribution in [0.15, 0.2) is 54.7 Å². The van der Waals surface area contributed by atoms with E-state index in [0.717, 1.165) is 5.56 Å². The zero-order chi connectivity index (χ0) is 21.1. The van der Waals surface area contributed by atoms with Crippen LogP contribution in [0.1, 0.15) is 61.0 Å². The first kappa shape index (κ1) is 19.6. The molecule has 0 aliphatic heterocycles. The molecule has 1 aliphatic carbocycles. The zero-order valence-electron chi connectivity index (χ0n) is 16.5. The van der Waals surface area contributed by atoms with Gasteiger partial charge in [-0.1, -0.05) is 42.5 Å². The molecule has 0 saturated carbocycles. The minimum Gasteiger partial charge on any atom is -0.461 e. The minimum absolute atomic E-state index is 0.118. The Morgan fingerprint density at radius 1 is 1.17 bits per heavy atom. The number of nitrogens with zero attached hydrogens (tertiary/aromatic N) is 1. The van der Waals surface area contributed by atoms with Crippen LogP contribution in [-0.2, 0) is 17.7 Å². The van der Waals surface area contributed by atoms with E-state index in [1.54, 1.807) is 25.1 Å². The summed E-state index contributed by atoms with van der Waals surface area (Å²) in [6.07, 6.45) is 1.79. The van der Waals surface area contributed by atoms with Crippen molar-refractivity contribution >= 4 is 17.7 Å². The lowest BCUT2D eigenvalue weighted by Gasteiger charge is -2.09. The van der Waals surface area contributed by atoms with E-state index in [1.807, 2.05) is 30.3 Å². The Morgan fingerprint density at radius 2 is 1.97 bits per heavy atom. The first-order chi connectivity index (χ1) is 14.6. The highest BCUT2D eigenvalue weighted by Gasteiger charge is 2.36. The summed E-state index contributed by atoms with van der Waals surface area (Å²) in [6.45, 7) is 2.37.